The summed E-state index contributed by atoms with van der Waals surface area (Å²) in [5, 5.41) is 7.50. The standard InChI is InChI=1S/C22H15BrN2O3/c23-19-9-5-16(6-10-19)15-1-3-17(4-2-15)21(26)13-27-20-11-7-18(8-12-20)22-25-24-14-28-22/h1-12,14H,13H2. The van der Waals surface area contributed by atoms with Crippen LogP contribution in [0, 0.1) is 0 Å². The molecule has 1 aromatic heterocycles. The molecule has 0 amide bonds. The molecule has 0 aliphatic heterocycles. The maximum atomic E-state index is 12.4. The van der Waals surface area contributed by atoms with Gasteiger partial charge in [0.1, 0.15) is 5.75 Å². The number of halogens is 1. The van der Waals surface area contributed by atoms with Gasteiger partial charge < -0.3 is 9.15 Å². The van der Waals surface area contributed by atoms with Crippen molar-refractivity contribution in [1.29, 1.82) is 0 Å². The third-order valence-corrected chi connectivity index (χ3v) is 4.74. The van der Waals surface area contributed by atoms with Crippen LogP contribution in [0.25, 0.3) is 22.6 Å². The summed E-state index contributed by atoms with van der Waals surface area (Å²) in [4.78, 5) is 12.4. The molecular formula is C22H15BrN2O3. The highest BCUT2D eigenvalue weighted by Crippen LogP contribution is 2.23. The summed E-state index contributed by atoms with van der Waals surface area (Å²) in [6.07, 6.45) is 1.28. The first-order chi connectivity index (χ1) is 13.7. The lowest BCUT2D eigenvalue weighted by molar-refractivity contribution is 0.0921. The molecular weight excluding hydrogens is 420 g/mol. The number of ether oxygens (including phenoxy) is 1. The summed E-state index contributed by atoms with van der Waals surface area (Å²) < 4.78 is 11.8. The van der Waals surface area contributed by atoms with E-state index in [4.69, 9.17) is 9.15 Å². The van der Waals surface area contributed by atoms with Crippen molar-refractivity contribution in [2.75, 3.05) is 6.61 Å². The van der Waals surface area contributed by atoms with Crippen LogP contribution in [0.2, 0.25) is 0 Å². The number of nitrogens with zero attached hydrogens (tertiary/aromatic N) is 2. The van der Waals surface area contributed by atoms with Crippen molar-refractivity contribution >= 4 is 21.7 Å². The van der Waals surface area contributed by atoms with Gasteiger partial charge in [0, 0.05) is 15.6 Å². The topological polar surface area (TPSA) is 65.2 Å². The number of Topliss-reactive ketones (excluding diaryl/α,β-unsaturated/α-hetero) is 1. The molecule has 0 aliphatic rings. The third-order valence-electron chi connectivity index (χ3n) is 4.22. The molecule has 0 bridgehead atoms. The molecule has 0 spiro atoms. The molecule has 0 unspecified atom stereocenters. The van der Waals surface area contributed by atoms with Crippen molar-refractivity contribution in [2.45, 2.75) is 0 Å². The van der Waals surface area contributed by atoms with Crippen LogP contribution in [0.1, 0.15) is 10.4 Å². The summed E-state index contributed by atoms with van der Waals surface area (Å²) in [5.41, 5.74) is 3.56. The van der Waals surface area contributed by atoms with Gasteiger partial charge in [-0.25, -0.2) is 0 Å². The molecule has 5 nitrogen and oxygen atoms in total. The highest BCUT2D eigenvalue weighted by Gasteiger charge is 2.09. The van der Waals surface area contributed by atoms with Gasteiger partial charge in [0.2, 0.25) is 12.3 Å². The predicted molar refractivity (Wildman–Crippen MR) is 109 cm³/mol. The molecule has 4 rings (SSSR count). The van der Waals surface area contributed by atoms with Crippen molar-refractivity contribution in [2.24, 2.45) is 0 Å². The van der Waals surface area contributed by atoms with E-state index in [-0.39, 0.29) is 12.4 Å². The van der Waals surface area contributed by atoms with Crippen molar-refractivity contribution in [3.63, 3.8) is 0 Å². The normalized spacial score (nSPS) is 10.6. The van der Waals surface area contributed by atoms with Gasteiger partial charge in [0.15, 0.2) is 12.4 Å². The summed E-state index contributed by atoms with van der Waals surface area (Å²) in [5.74, 6) is 0.958. The predicted octanol–water partition coefficient (Wildman–Crippen LogP) is 5.43. The van der Waals surface area contributed by atoms with Crippen LogP contribution in [0.5, 0.6) is 5.75 Å². The number of rotatable bonds is 6. The minimum Gasteiger partial charge on any atom is -0.485 e. The molecule has 0 saturated carbocycles. The number of hydrogen-bond donors (Lipinski definition) is 0. The van der Waals surface area contributed by atoms with Crippen molar-refractivity contribution in [3.05, 3.63) is 89.2 Å². The molecule has 0 atom stereocenters. The van der Waals surface area contributed by atoms with Gasteiger partial charge in [-0.2, -0.15) is 0 Å². The Balaban J connectivity index is 1.37. The number of benzene rings is 3. The van der Waals surface area contributed by atoms with Crippen LogP contribution in [0.15, 0.2) is 88.1 Å². The van der Waals surface area contributed by atoms with E-state index in [2.05, 4.69) is 26.1 Å². The highest BCUT2D eigenvalue weighted by molar-refractivity contribution is 9.10. The Bertz CT molecular complexity index is 1060. The first-order valence-electron chi connectivity index (χ1n) is 8.58. The molecule has 28 heavy (non-hydrogen) atoms. The van der Waals surface area contributed by atoms with Crippen LogP contribution in [0.3, 0.4) is 0 Å². The van der Waals surface area contributed by atoms with Gasteiger partial charge in [-0.3, -0.25) is 4.79 Å². The van der Waals surface area contributed by atoms with Crippen LogP contribution < -0.4 is 4.74 Å². The first kappa shape index (κ1) is 18.1. The fraction of sp³-hybridized carbons (Fsp3) is 0.0455. The zero-order valence-electron chi connectivity index (χ0n) is 14.7. The average molecular weight is 435 g/mol. The second-order valence-corrected chi connectivity index (χ2v) is 6.98. The van der Waals surface area contributed by atoms with E-state index >= 15 is 0 Å². The van der Waals surface area contributed by atoms with E-state index in [1.54, 1.807) is 24.3 Å². The summed E-state index contributed by atoms with van der Waals surface area (Å²) in [6, 6.07) is 22.7. The van der Waals surface area contributed by atoms with E-state index < -0.39 is 0 Å². The molecule has 0 N–H and O–H groups in total. The van der Waals surface area contributed by atoms with Gasteiger partial charge in [-0.05, 0) is 47.5 Å². The lowest BCUT2D eigenvalue weighted by Gasteiger charge is -2.07. The Morgan fingerprint density at radius 1 is 0.857 bits per heavy atom. The Hall–Kier alpha value is -3.25. The van der Waals surface area contributed by atoms with E-state index in [1.807, 2.05) is 48.5 Å². The minimum absolute atomic E-state index is 0.0302. The Labute approximate surface area is 170 Å². The molecule has 3 aromatic carbocycles. The second-order valence-electron chi connectivity index (χ2n) is 6.06. The van der Waals surface area contributed by atoms with E-state index in [0.717, 1.165) is 21.2 Å². The molecule has 4 aromatic rings. The molecule has 0 radical (unpaired) electrons. The number of ketones is 1. The van der Waals surface area contributed by atoms with Crippen molar-refractivity contribution in [3.8, 4) is 28.3 Å². The van der Waals surface area contributed by atoms with Crippen molar-refractivity contribution < 1.29 is 13.9 Å². The molecule has 6 heteroatoms. The zero-order chi connectivity index (χ0) is 19.3. The van der Waals surface area contributed by atoms with E-state index in [1.165, 1.54) is 6.39 Å². The first-order valence-corrected chi connectivity index (χ1v) is 9.37. The summed E-state index contributed by atoms with van der Waals surface area (Å²) in [6.45, 7) is -0.0302. The summed E-state index contributed by atoms with van der Waals surface area (Å²) >= 11 is 3.43. The molecule has 138 valence electrons. The lowest BCUT2D eigenvalue weighted by Crippen LogP contribution is -2.11. The van der Waals surface area contributed by atoms with Crippen LogP contribution in [-0.2, 0) is 0 Å². The van der Waals surface area contributed by atoms with Crippen molar-refractivity contribution in [1.82, 2.24) is 10.2 Å². The minimum atomic E-state index is -0.0802. The van der Waals surface area contributed by atoms with Gasteiger partial charge in [-0.1, -0.05) is 52.3 Å². The number of hydrogen-bond acceptors (Lipinski definition) is 5. The average Bonchev–Trinajstić information content (AvgIpc) is 3.28. The Kier molecular flexibility index (Phi) is 5.30. The van der Waals surface area contributed by atoms with Gasteiger partial charge in [-0.15, -0.1) is 10.2 Å². The van der Waals surface area contributed by atoms with Crippen LogP contribution in [-0.4, -0.2) is 22.6 Å². The Morgan fingerprint density at radius 3 is 2.07 bits per heavy atom. The fourth-order valence-electron chi connectivity index (χ4n) is 2.72. The highest BCUT2D eigenvalue weighted by atomic mass is 79.9. The monoisotopic (exact) mass is 434 g/mol. The molecule has 1 heterocycles. The van der Waals surface area contributed by atoms with Crippen LogP contribution >= 0.6 is 15.9 Å². The Morgan fingerprint density at radius 2 is 1.46 bits per heavy atom. The molecule has 0 fully saturated rings. The SMILES string of the molecule is O=C(COc1ccc(-c2nnco2)cc1)c1ccc(-c2ccc(Br)cc2)cc1. The maximum absolute atomic E-state index is 12.4. The largest absolute Gasteiger partial charge is 0.485 e. The van der Waals surface area contributed by atoms with Gasteiger partial charge >= 0.3 is 0 Å². The molecule has 0 aliphatic carbocycles. The zero-order valence-corrected chi connectivity index (χ0v) is 16.3. The van der Waals surface area contributed by atoms with Crippen LogP contribution in [0.4, 0.5) is 0 Å². The number of carbonyl (C=O) groups is 1. The number of carbonyl (C=O) groups excluding carboxylic acids is 1. The maximum Gasteiger partial charge on any atom is 0.247 e. The van der Waals surface area contributed by atoms with Gasteiger partial charge in [0.25, 0.3) is 0 Å². The number of aromatic nitrogens is 2. The molecule has 0 saturated heterocycles. The lowest BCUT2D eigenvalue weighted by atomic mass is 10.0. The quantitative estimate of drug-likeness (QED) is 0.378. The van der Waals surface area contributed by atoms with Gasteiger partial charge in [0.05, 0.1) is 0 Å². The van der Waals surface area contributed by atoms with E-state index in [0.29, 0.717) is 17.2 Å². The fourth-order valence-corrected chi connectivity index (χ4v) is 2.98. The smallest absolute Gasteiger partial charge is 0.247 e. The third kappa shape index (κ3) is 4.18. The second kappa shape index (κ2) is 8.19. The summed E-state index contributed by atoms with van der Waals surface area (Å²) in [7, 11) is 0. The van der Waals surface area contributed by atoms with E-state index in [9.17, 15) is 4.79 Å².